The molecule has 19 heavy (non-hydrogen) atoms. The van der Waals surface area contributed by atoms with Crippen molar-refractivity contribution in [3.05, 3.63) is 53.2 Å². The van der Waals surface area contributed by atoms with Gasteiger partial charge in [0.2, 0.25) is 0 Å². The first kappa shape index (κ1) is 13.8. The molecule has 0 unspecified atom stereocenters. The minimum Gasteiger partial charge on any atom is -0.365 e. The quantitative estimate of drug-likeness (QED) is 0.942. The number of anilines is 1. The van der Waals surface area contributed by atoms with E-state index in [2.05, 4.69) is 10.3 Å². The molecular formula is C13H13ClN2O2S. The zero-order valence-electron chi connectivity index (χ0n) is 10.3. The van der Waals surface area contributed by atoms with Gasteiger partial charge in [-0.05, 0) is 29.8 Å². The number of sulfone groups is 1. The lowest BCUT2D eigenvalue weighted by Gasteiger charge is -2.09. The molecule has 0 amide bonds. The van der Waals surface area contributed by atoms with E-state index < -0.39 is 9.84 Å². The summed E-state index contributed by atoms with van der Waals surface area (Å²) in [5.74, 6) is 0.361. The van der Waals surface area contributed by atoms with Crippen LogP contribution in [0.15, 0.2) is 47.5 Å². The Morgan fingerprint density at radius 2 is 1.89 bits per heavy atom. The van der Waals surface area contributed by atoms with Crippen LogP contribution in [0.2, 0.25) is 5.02 Å². The molecule has 4 nitrogen and oxygen atoms in total. The molecule has 2 rings (SSSR count). The zero-order valence-corrected chi connectivity index (χ0v) is 11.9. The van der Waals surface area contributed by atoms with E-state index in [1.807, 2.05) is 12.1 Å². The summed E-state index contributed by atoms with van der Waals surface area (Å²) in [6.45, 7) is 0.483. The zero-order chi connectivity index (χ0) is 13.9. The van der Waals surface area contributed by atoms with Gasteiger partial charge in [-0.3, -0.25) is 0 Å². The first-order valence-corrected chi connectivity index (χ1v) is 7.87. The van der Waals surface area contributed by atoms with Gasteiger partial charge >= 0.3 is 0 Å². The van der Waals surface area contributed by atoms with Gasteiger partial charge in [-0.25, -0.2) is 13.4 Å². The van der Waals surface area contributed by atoms with Gasteiger partial charge in [0, 0.05) is 24.0 Å². The lowest BCUT2D eigenvalue weighted by Crippen LogP contribution is -2.07. The molecule has 1 N–H and O–H groups in total. The minimum atomic E-state index is -3.29. The highest BCUT2D eigenvalue weighted by atomic mass is 35.5. The van der Waals surface area contributed by atoms with Crippen molar-refractivity contribution in [2.45, 2.75) is 11.4 Å². The Kier molecular flexibility index (Phi) is 4.07. The Morgan fingerprint density at radius 1 is 1.21 bits per heavy atom. The molecule has 1 aromatic carbocycles. The lowest BCUT2D eigenvalue weighted by atomic mass is 10.2. The molecule has 0 saturated heterocycles. The molecule has 0 saturated carbocycles. The smallest absolute Gasteiger partial charge is 0.179 e. The molecule has 0 aliphatic heterocycles. The summed E-state index contributed by atoms with van der Waals surface area (Å²) in [7, 11) is -3.29. The van der Waals surface area contributed by atoms with E-state index >= 15 is 0 Å². The van der Waals surface area contributed by atoms with Crippen LogP contribution in [0.1, 0.15) is 5.56 Å². The number of pyridine rings is 1. The largest absolute Gasteiger partial charge is 0.365 e. The van der Waals surface area contributed by atoms with Crippen LogP contribution in [-0.4, -0.2) is 19.7 Å². The van der Waals surface area contributed by atoms with Crippen molar-refractivity contribution in [1.82, 2.24) is 4.98 Å². The summed E-state index contributed by atoms with van der Waals surface area (Å²) in [6, 6.07) is 10.5. The fraction of sp³-hybridized carbons (Fsp3) is 0.154. The predicted octanol–water partition coefficient (Wildman–Crippen LogP) is 2.75. The summed E-state index contributed by atoms with van der Waals surface area (Å²) in [5.41, 5.74) is 0.995. The Morgan fingerprint density at radius 3 is 2.53 bits per heavy atom. The maximum atomic E-state index is 11.6. The van der Waals surface area contributed by atoms with Crippen molar-refractivity contribution in [3.63, 3.8) is 0 Å². The van der Waals surface area contributed by atoms with Crippen molar-refractivity contribution >= 4 is 27.3 Å². The average Bonchev–Trinajstić information content (AvgIpc) is 2.37. The molecule has 0 fully saturated rings. The number of rotatable bonds is 4. The standard InChI is InChI=1S/C13H13ClN2O2S/c1-19(17,18)12-3-2-8-15-13(12)16-9-10-4-6-11(14)7-5-10/h2-8H,9H2,1H3,(H,15,16). The Labute approximate surface area is 117 Å². The van der Waals surface area contributed by atoms with Crippen LogP contribution >= 0.6 is 11.6 Å². The third-order valence-corrected chi connectivity index (χ3v) is 3.92. The van der Waals surface area contributed by atoms with Crippen LogP contribution in [0.5, 0.6) is 0 Å². The van der Waals surface area contributed by atoms with E-state index in [-0.39, 0.29) is 4.90 Å². The second-order valence-electron chi connectivity index (χ2n) is 4.10. The SMILES string of the molecule is CS(=O)(=O)c1cccnc1NCc1ccc(Cl)cc1. The maximum absolute atomic E-state index is 11.6. The monoisotopic (exact) mass is 296 g/mol. The Bertz CT molecular complexity index is 669. The number of hydrogen-bond donors (Lipinski definition) is 1. The van der Waals surface area contributed by atoms with Gasteiger partial charge in [0.05, 0.1) is 0 Å². The molecule has 0 atom stereocenters. The Balaban J connectivity index is 2.18. The van der Waals surface area contributed by atoms with E-state index in [1.165, 1.54) is 6.07 Å². The molecule has 1 heterocycles. The van der Waals surface area contributed by atoms with Crippen LogP contribution in [-0.2, 0) is 16.4 Å². The molecule has 0 radical (unpaired) electrons. The first-order valence-electron chi connectivity index (χ1n) is 5.60. The minimum absolute atomic E-state index is 0.198. The number of hydrogen-bond acceptors (Lipinski definition) is 4. The van der Waals surface area contributed by atoms with Crippen molar-refractivity contribution in [2.24, 2.45) is 0 Å². The second-order valence-corrected chi connectivity index (χ2v) is 6.52. The van der Waals surface area contributed by atoms with E-state index in [4.69, 9.17) is 11.6 Å². The van der Waals surface area contributed by atoms with Crippen LogP contribution in [0.4, 0.5) is 5.82 Å². The number of aromatic nitrogens is 1. The molecular weight excluding hydrogens is 284 g/mol. The van der Waals surface area contributed by atoms with Crippen molar-refractivity contribution in [2.75, 3.05) is 11.6 Å². The number of nitrogens with zero attached hydrogens (tertiary/aromatic N) is 1. The lowest BCUT2D eigenvalue weighted by molar-refractivity contribution is 0.601. The molecule has 100 valence electrons. The fourth-order valence-electron chi connectivity index (χ4n) is 1.61. The summed E-state index contributed by atoms with van der Waals surface area (Å²) in [6.07, 6.45) is 2.72. The van der Waals surface area contributed by atoms with E-state index in [9.17, 15) is 8.42 Å². The Hall–Kier alpha value is -1.59. The molecule has 0 spiro atoms. The molecule has 0 aliphatic rings. The van der Waals surface area contributed by atoms with Crippen molar-refractivity contribution in [3.8, 4) is 0 Å². The highest BCUT2D eigenvalue weighted by Gasteiger charge is 2.13. The number of benzene rings is 1. The topological polar surface area (TPSA) is 59.1 Å². The van der Waals surface area contributed by atoms with Gasteiger partial charge in [0.1, 0.15) is 10.7 Å². The summed E-state index contributed by atoms with van der Waals surface area (Å²) in [5, 5.41) is 3.69. The van der Waals surface area contributed by atoms with Crippen molar-refractivity contribution < 1.29 is 8.42 Å². The summed E-state index contributed by atoms with van der Waals surface area (Å²) in [4.78, 5) is 4.26. The number of halogens is 1. The third-order valence-electron chi connectivity index (χ3n) is 2.54. The third kappa shape index (κ3) is 3.68. The van der Waals surface area contributed by atoms with Crippen LogP contribution < -0.4 is 5.32 Å². The molecule has 1 aromatic heterocycles. The van der Waals surface area contributed by atoms with Crippen molar-refractivity contribution in [1.29, 1.82) is 0 Å². The molecule has 0 aliphatic carbocycles. The van der Waals surface area contributed by atoms with Crippen LogP contribution in [0.25, 0.3) is 0 Å². The summed E-state index contributed by atoms with van der Waals surface area (Å²) < 4.78 is 23.2. The van der Waals surface area contributed by atoms with Gasteiger partial charge in [0.25, 0.3) is 0 Å². The van der Waals surface area contributed by atoms with Gasteiger partial charge in [-0.15, -0.1) is 0 Å². The van der Waals surface area contributed by atoms with E-state index in [0.717, 1.165) is 11.8 Å². The molecule has 0 bridgehead atoms. The maximum Gasteiger partial charge on any atom is 0.179 e. The summed E-state index contributed by atoms with van der Waals surface area (Å²) >= 11 is 5.80. The first-order chi connectivity index (χ1) is 8.97. The second kappa shape index (κ2) is 5.59. The van der Waals surface area contributed by atoms with Gasteiger partial charge < -0.3 is 5.32 Å². The molecule has 2 aromatic rings. The van der Waals surface area contributed by atoms with Gasteiger partial charge in [-0.1, -0.05) is 23.7 Å². The van der Waals surface area contributed by atoms with Crippen LogP contribution in [0, 0.1) is 0 Å². The van der Waals surface area contributed by atoms with Crippen LogP contribution in [0.3, 0.4) is 0 Å². The average molecular weight is 297 g/mol. The van der Waals surface area contributed by atoms with Gasteiger partial charge in [0.15, 0.2) is 9.84 Å². The number of nitrogens with one attached hydrogen (secondary N) is 1. The fourth-order valence-corrected chi connectivity index (χ4v) is 2.54. The normalized spacial score (nSPS) is 11.3. The predicted molar refractivity (Wildman–Crippen MR) is 76.1 cm³/mol. The van der Waals surface area contributed by atoms with E-state index in [1.54, 1.807) is 24.4 Å². The molecule has 6 heteroatoms. The van der Waals surface area contributed by atoms with E-state index in [0.29, 0.717) is 17.4 Å². The highest BCUT2D eigenvalue weighted by molar-refractivity contribution is 7.90. The van der Waals surface area contributed by atoms with Gasteiger partial charge in [-0.2, -0.15) is 0 Å². The highest BCUT2D eigenvalue weighted by Crippen LogP contribution is 2.18.